The summed E-state index contributed by atoms with van der Waals surface area (Å²) in [5.41, 5.74) is 0. The molecule has 2 rings (SSSR count). The van der Waals surface area contributed by atoms with E-state index in [2.05, 4.69) is 45.8 Å². The molecule has 0 aliphatic carbocycles. The van der Waals surface area contributed by atoms with E-state index < -0.39 is 0 Å². The zero-order valence-electron chi connectivity index (χ0n) is 11.7. The minimum atomic E-state index is -0.193. The predicted octanol–water partition coefficient (Wildman–Crippen LogP) is 1.10. The third kappa shape index (κ3) is 3.14. The number of amides is 1. The first kappa shape index (κ1) is 13.6. The van der Waals surface area contributed by atoms with Crippen molar-refractivity contribution in [2.24, 2.45) is 5.92 Å². The number of carbonyl (C=O) groups is 1. The molecule has 0 spiro atoms. The lowest BCUT2D eigenvalue weighted by atomic mass is 9.98. The van der Waals surface area contributed by atoms with Crippen molar-refractivity contribution in [2.45, 2.75) is 46.1 Å². The largest absolute Gasteiger partial charge is 0.345 e. The Labute approximate surface area is 113 Å². The molecule has 19 heavy (non-hydrogen) atoms. The maximum absolute atomic E-state index is 11.3. The molecule has 1 aliphatic rings. The molecule has 1 aliphatic heterocycles. The Bertz CT molecular complexity index is 521. The Morgan fingerprint density at radius 3 is 3.00 bits per heavy atom. The standard InChI is InChI=1S/C14H20N4O/c1-4-5-13(19)15-8-11-6-7-12-16-17-14(10(2)3)18(12)9-11/h10-11H,6-9H2,1-3H3,(H,15,19). The van der Waals surface area contributed by atoms with Crippen LogP contribution in [0, 0.1) is 17.8 Å². The van der Waals surface area contributed by atoms with Gasteiger partial charge in [-0.25, -0.2) is 0 Å². The number of fused-ring (bicyclic) bond motifs is 1. The van der Waals surface area contributed by atoms with Crippen LogP contribution in [0.3, 0.4) is 0 Å². The van der Waals surface area contributed by atoms with Gasteiger partial charge in [-0.15, -0.1) is 10.2 Å². The predicted molar refractivity (Wildman–Crippen MR) is 72.4 cm³/mol. The molecule has 0 saturated carbocycles. The smallest absolute Gasteiger partial charge is 0.295 e. The van der Waals surface area contributed by atoms with E-state index in [0.717, 1.165) is 31.0 Å². The first-order chi connectivity index (χ1) is 9.11. The first-order valence-corrected chi connectivity index (χ1v) is 6.74. The monoisotopic (exact) mass is 260 g/mol. The number of carbonyl (C=O) groups excluding carboxylic acids is 1. The van der Waals surface area contributed by atoms with E-state index in [0.29, 0.717) is 18.4 Å². The van der Waals surface area contributed by atoms with Crippen molar-refractivity contribution in [1.82, 2.24) is 20.1 Å². The summed E-state index contributed by atoms with van der Waals surface area (Å²) in [5.74, 6) is 7.83. The van der Waals surface area contributed by atoms with Crippen LogP contribution in [0.5, 0.6) is 0 Å². The molecule has 0 bridgehead atoms. The maximum Gasteiger partial charge on any atom is 0.295 e. The molecule has 5 nitrogen and oxygen atoms in total. The molecular formula is C14H20N4O. The molecule has 1 aromatic rings. The molecule has 2 heterocycles. The van der Waals surface area contributed by atoms with Gasteiger partial charge < -0.3 is 9.88 Å². The third-order valence-corrected chi connectivity index (χ3v) is 3.38. The molecular weight excluding hydrogens is 240 g/mol. The van der Waals surface area contributed by atoms with Crippen LogP contribution in [0.4, 0.5) is 0 Å². The van der Waals surface area contributed by atoms with Gasteiger partial charge in [0.05, 0.1) is 0 Å². The second-order valence-electron chi connectivity index (χ2n) is 5.23. The van der Waals surface area contributed by atoms with Gasteiger partial charge in [-0.2, -0.15) is 0 Å². The molecule has 1 aromatic heterocycles. The van der Waals surface area contributed by atoms with Crippen molar-refractivity contribution in [1.29, 1.82) is 0 Å². The topological polar surface area (TPSA) is 59.8 Å². The highest BCUT2D eigenvalue weighted by Gasteiger charge is 2.23. The van der Waals surface area contributed by atoms with Crippen LogP contribution in [-0.2, 0) is 17.8 Å². The normalized spacial score (nSPS) is 17.6. The number of aryl methyl sites for hydroxylation is 1. The molecule has 5 heteroatoms. The molecule has 102 valence electrons. The van der Waals surface area contributed by atoms with Crippen molar-refractivity contribution in [3.8, 4) is 11.8 Å². The number of nitrogens with zero attached hydrogens (tertiary/aromatic N) is 3. The average molecular weight is 260 g/mol. The van der Waals surface area contributed by atoms with Crippen molar-refractivity contribution in [3.63, 3.8) is 0 Å². The van der Waals surface area contributed by atoms with Crippen LogP contribution in [0.1, 0.15) is 44.8 Å². The van der Waals surface area contributed by atoms with Gasteiger partial charge in [-0.05, 0) is 25.2 Å². The third-order valence-electron chi connectivity index (χ3n) is 3.38. The quantitative estimate of drug-likeness (QED) is 0.828. The van der Waals surface area contributed by atoms with Gasteiger partial charge in [-0.3, -0.25) is 4.79 Å². The van der Waals surface area contributed by atoms with E-state index in [9.17, 15) is 4.79 Å². The summed E-state index contributed by atoms with van der Waals surface area (Å²) < 4.78 is 2.20. The van der Waals surface area contributed by atoms with Crippen LogP contribution < -0.4 is 5.32 Å². The zero-order chi connectivity index (χ0) is 13.8. The summed E-state index contributed by atoms with van der Waals surface area (Å²) in [5, 5.41) is 11.4. The molecule has 1 atom stereocenters. The molecule has 1 unspecified atom stereocenters. The van der Waals surface area contributed by atoms with Crippen LogP contribution in [0.25, 0.3) is 0 Å². The van der Waals surface area contributed by atoms with E-state index in [1.54, 1.807) is 6.92 Å². The molecule has 1 amide bonds. The van der Waals surface area contributed by atoms with Crippen LogP contribution >= 0.6 is 0 Å². The minimum Gasteiger partial charge on any atom is -0.345 e. The van der Waals surface area contributed by atoms with Gasteiger partial charge in [0.15, 0.2) is 0 Å². The lowest BCUT2D eigenvalue weighted by molar-refractivity contribution is -0.115. The van der Waals surface area contributed by atoms with Gasteiger partial charge in [0, 0.05) is 25.4 Å². The first-order valence-electron chi connectivity index (χ1n) is 6.74. The van der Waals surface area contributed by atoms with Gasteiger partial charge in [0.25, 0.3) is 5.91 Å². The van der Waals surface area contributed by atoms with Crippen molar-refractivity contribution in [2.75, 3.05) is 6.54 Å². The summed E-state index contributed by atoms with van der Waals surface area (Å²) in [4.78, 5) is 11.3. The summed E-state index contributed by atoms with van der Waals surface area (Å²) in [7, 11) is 0. The molecule has 0 saturated heterocycles. The van der Waals surface area contributed by atoms with E-state index >= 15 is 0 Å². The van der Waals surface area contributed by atoms with Crippen LogP contribution in [-0.4, -0.2) is 27.2 Å². The summed E-state index contributed by atoms with van der Waals surface area (Å²) in [6, 6.07) is 0. The van der Waals surface area contributed by atoms with Crippen LogP contribution in [0.2, 0.25) is 0 Å². The van der Waals surface area contributed by atoms with Crippen LogP contribution in [0.15, 0.2) is 0 Å². The number of rotatable bonds is 3. The Balaban J connectivity index is 1.98. The highest BCUT2D eigenvalue weighted by Crippen LogP contribution is 2.22. The van der Waals surface area contributed by atoms with E-state index in [1.165, 1.54) is 0 Å². The lowest BCUT2D eigenvalue weighted by Gasteiger charge is -2.24. The van der Waals surface area contributed by atoms with E-state index in [1.807, 2.05) is 0 Å². The highest BCUT2D eigenvalue weighted by molar-refractivity contribution is 5.93. The highest BCUT2D eigenvalue weighted by atomic mass is 16.1. The molecule has 0 radical (unpaired) electrons. The number of aromatic nitrogens is 3. The van der Waals surface area contributed by atoms with Gasteiger partial charge >= 0.3 is 0 Å². The second kappa shape index (κ2) is 5.87. The Morgan fingerprint density at radius 2 is 2.32 bits per heavy atom. The van der Waals surface area contributed by atoms with Crippen molar-refractivity contribution >= 4 is 5.91 Å². The molecule has 1 N–H and O–H groups in total. The van der Waals surface area contributed by atoms with Gasteiger partial charge in [-0.1, -0.05) is 19.8 Å². The average Bonchev–Trinajstić information content (AvgIpc) is 2.79. The maximum atomic E-state index is 11.3. The fraction of sp³-hybridized carbons (Fsp3) is 0.643. The lowest BCUT2D eigenvalue weighted by Crippen LogP contribution is -2.33. The minimum absolute atomic E-state index is 0.193. The summed E-state index contributed by atoms with van der Waals surface area (Å²) >= 11 is 0. The fourth-order valence-electron chi connectivity index (χ4n) is 2.40. The fourth-order valence-corrected chi connectivity index (χ4v) is 2.40. The van der Waals surface area contributed by atoms with Gasteiger partial charge in [0.1, 0.15) is 11.6 Å². The number of nitrogens with one attached hydrogen (secondary N) is 1. The Hall–Kier alpha value is -1.83. The van der Waals surface area contributed by atoms with E-state index in [-0.39, 0.29) is 5.91 Å². The number of hydrogen-bond acceptors (Lipinski definition) is 3. The second-order valence-corrected chi connectivity index (χ2v) is 5.23. The SMILES string of the molecule is CC#CC(=O)NCC1CCc2nnc(C(C)C)n2C1. The summed E-state index contributed by atoms with van der Waals surface area (Å²) in [6.45, 7) is 7.47. The molecule has 0 fully saturated rings. The Morgan fingerprint density at radius 1 is 1.53 bits per heavy atom. The molecule has 0 aromatic carbocycles. The van der Waals surface area contributed by atoms with E-state index in [4.69, 9.17) is 0 Å². The van der Waals surface area contributed by atoms with Crippen molar-refractivity contribution < 1.29 is 4.79 Å². The Kier molecular flexibility index (Phi) is 4.20. The summed E-state index contributed by atoms with van der Waals surface area (Å²) in [6.07, 6.45) is 1.97. The van der Waals surface area contributed by atoms with Gasteiger partial charge in [0.2, 0.25) is 0 Å². The number of hydrogen-bond donors (Lipinski definition) is 1. The zero-order valence-corrected chi connectivity index (χ0v) is 11.7. The van der Waals surface area contributed by atoms with Crippen molar-refractivity contribution in [3.05, 3.63) is 11.6 Å².